The van der Waals surface area contributed by atoms with Crippen LogP contribution < -0.4 is 10.2 Å². The van der Waals surface area contributed by atoms with Gasteiger partial charge in [0, 0.05) is 35.8 Å². The van der Waals surface area contributed by atoms with E-state index < -0.39 is 0 Å². The number of carbonyl (C=O) groups excluding carboxylic acids is 1. The number of thiophene rings is 1. The number of hydrogen-bond acceptors (Lipinski definition) is 3. The first kappa shape index (κ1) is 15.1. The molecule has 2 heterocycles. The van der Waals surface area contributed by atoms with Gasteiger partial charge in [0.2, 0.25) is 5.91 Å². The number of benzene rings is 1. The SMILES string of the molecule is Cc1ccc(N2CCCC2)cc1NC(=O)CCc1cccs1. The van der Waals surface area contributed by atoms with Crippen molar-refractivity contribution in [1.29, 1.82) is 0 Å². The molecule has 0 unspecified atom stereocenters. The Hall–Kier alpha value is -1.81. The lowest BCUT2D eigenvalue weighted by atomic mass is 10.1. The number of amides is 1. The van der Waals surface area contributed by atoms with Gasteiger partial charge in [-0.25, -0.2) is 0 Å². The van der Waals surface area contributed by atoms with E-state index in [4.69, 9.17) is 0 Å². The molecule has 1 N–H and O–H groups in total. The largest absolute Gasteiger partial charge is 0.371 e. The molecule has 1 aliphatic rings. The summed E-state index contributed by atoms with van der Waals surface area (Å²) < 4.78 is 0. The van der Waals surface area contributed by atoms with Crippen LogP contribution in [-0.2, 0) is 11.2 Å². The first-order valence-electron chi connectivity index (χ1n) is 7.90. The van der Waals surface area contributed by atoms with Crippen molar-refractivity contribution in [2.24, 2.45) is 0 Å². The zero-order valence-corrected chi connectivity index (χ0v) is 13.8. The van der Waals surface area contributed by atoms with Gasteiger partial charge in [-0.2, -0.15) is 0 Å². The third-order valence-corrected chi connectivity index (χ3v) is 5.08. The van der Waals surface area contributed by atoms with Gasteiger partial charge < -0.3 is 10.2 Å². The quantitative estimate of drug-likeness (QED) is 0.896. The van der Waals surface area contributed by atoms with Gasteiger partial charge in [0.05, 0.1) is 0 Å². The predicted octanol–water partition coefficient (Wildman–Crippen LogP) is 4.23. The third-order valence-electron chi connectivity index (χ3n) is 4.15. The van der Waals surface area contributed by atoms with Crippen LogP contribution in [-0.4, -0.2) is 19.0 Å². The fourth-order valence-electron chi connectivity index (χ4n) is 2.82. The summed E-state index contributed by atoms with van der Waals surface area (Å²) in [5.41, 5.74) is 3.28. The molecule has 2 aromatic rings. The summed E-state index contributed by atoms with van der Waals surface area (Å²) in [5, 5.41) is 5.13. The van der Waals surface area contributed by atoms with Gasteiger partial charge in [0.15, 0.2) is 0 Å². The molecule has 1 aromatic carbocycles. The highest BCUT2D eigenvalue weighted by atomic mass is 32.1. The molecule has 0 saturated carbocycles. The van der Waals surface area contributed by atoms with E-state index in [1.165, 1.54) is 23.4 Å². The Morgan fingerprint density at radius 1 is 1.27 bits per heavy atom. The van der Waals surface area contributed by atoms with Gasteiger partial charge >= 0.3 is 0 Å². The molecule has 1 saturated heterocycles. The van der Waals surface area contributed by atoms with Crippen molar-refractivity contribution in [1.82, 2.24) is 0 Å². The maximum atomic E-state index is 12.2. The van der Waals surface area contributed by atoms with E-state index in [-0.39, 0.29) is 5.91 Å². The Morgan fingerprint density at radius 3 is 2.82 bits per heavy atom. The number of rotatable bonds is 5. The molecule has 1 aromatic heterocycles. The summed E-state index contributed by atoms with van der Waals surface area (Å²) >= 11 is 1.71. The zero-order chi connectivity index (χ0) is 15.4. The molecule has 1 fully saturated rings. The molecular formula is C18H22N2OS. The Kier molecular flexibility index (Phi) is 4.78. The minimum absolute atomic E-state index is 0.0927. The number of carbonyl (C=O) groups is 1. The van der Waals surface area contributed by atoms with E-state index >= 15 is 0 Å². The van der Waals surface area contributed by atoms with Crippen LogP contribution in [0.3, 0.4) is 0 Å². The van der Waals surface area contributed by atoms with Gasteiger partial charge in [-0.3, -0.25) is 4.79 Å². The Morgan fingerprint density at radius 2 is 2.09 bits per heavy atom. The first-order chi connectivity index (χ1) is 10.7. The van der Waals surface area contributed by atoms with E-state index in [1.807, 2.05) is 13.0 Å². The monoisotopic (exact) mass is 314 g/mol. The van der Waals surface area contributed by atoms with Crippen LogP contribution in [0.4, 0.5) is 11.4 Å². The van der Waals surface area contributed by atoms with Crippen LogP contribution in [0.15, 0.2) is 35.7 Å². The van der Waals surface area contributed by atoms with Crippen molar-refractivity contribution in [3.63, 3.8) is 0 Å². The Balaban J connectivity index is 1.63. The lowest BCUT2D eigenvalue weighted by Gasteiger charge is -2.19. The molecular weight excluding hydrogens is 292 g/mol. The minimum Gasteiger partial charge on any atom is -0.371 e. The Labute approximate surface area is 136 Å². The van der Waals surface area contributed by atoms with Gasteiger partial charge in [-0.1, -0.05) is 12.1 Å². The summed E-state index contributed by atoms with van der Waals surface area (Å²) in [6.07, 6.45) is 3.87. The lowest BCUT2D eigenvalue weighted by Crippen LogP contribution is -2.18. The summed E-state index contributed by atoms with van der Waals surface area (Å²) in [5.74, 6) is 0.0927. The molecule has 3 nitrogen and oxygen atoms in total. The highest BCUT2D eigenvalue weighted by molar-refractivity contribution is 7.09. The molecule has 0 radical (unpaired) electrons. The fraction of sp³-hybridized carbons (Fsp3) is 0.389. The average Bonchev–Trinajstić information content (AvgIpc) is 3.21. The van der Waals surface area contributed by atoms with Crippen molar-refractivity contribution in [2.45, 2.75) is 32.6 Å². The van der Waals surface area contributed by atoms with Crippen molar-refractivity contribution < 1.29 is 4.79 Å². The second kappa shape index (κ2) is 6.97. The normalized spacial score (nSPS) is 14.3. The van der Waals surface area contributed by atoms with E-state index in [1.54, 1.807) is 11.3 Å². The minimum atomic E-state index is 0.0927. The van der Waals surface area contributed by atoms with Gasteiger partial charge in [-0.15, -0.1) is 11.3 Å². The molecule has 0 atom stereocenters. The molecule has 1 amide bonds. The smallest absolute Gasteiger partial charge is 0.224 e. The third kappa shape index (κ3) is 3.69. The van der Waals surface area contributed by atoms with Gasteiger partial charge in [0.25, 0.3) is 0 Å². The number of nitrogens with one attached hydrogen (secondary N) is 1. The molecule has 3 rings (SSSR count). The van der Waals surface area contributed by atoms with Crippen LogP contribution in [0.1, 0.15) is 29.7 Å². The maximum Gasteiger partial charge on any atom is 0.224 e. The standard InChI is InChI=1S/C18H22N2OS/c1-14-6-7-15(20-10-2-3-11-20)13-17(14)19-18(21)9-8-16-5-4-12-22-16/h4-7,12-13H,2-3,8-11H2,1H3,(H,19,21). The number of nitrogens with zero attached hydrogens (tertiary/aromatic N) is 1. The van der Waals surface area contributed by atoms with Gasteiger partial charge in [0.1, 0.15) is 0 Å². The number of aryl methyl sites for hydroxylation is 2. The number of hydrogen-bond donors (Lipinski definition) is 1. The van der Waals surface area contributed by atoms with Crippen LogP contribution >= 0.6 is 11.3 Å². The van der Waals surface area contributed by atoms with Crippen molar-refractivity contribution in [2.75, 3.05) is 23.3 Å². The van der Waals surface area contributed by atoms with E-state index in [9.17, 15) is 4.79 Å². The molecule has 116 valence electrons. The number of anilines is 2. The van der Waals surface area contributed by atoms with E-state index in [0.717, 1.165) is 30.8 Å². The molecule has 1 aliphatic heterocycles. The second-order valence-electron chi connectivity index (χ2n) is 5.82. The summed E-state index contributed by atoms with van der Waals surface area (Å²) in [6.45, 7) is 4.28. The molecule has 0 bridgehead atoms. The first-order valence-corrected chi connectivity index (χ1v) is 8.78. The highest BCUT2D eigenvalue weighted by Gasteiger charge is 2.14. The summed E-state index contributed by atoms with van der Waals surface area (Å²) in [6, 6.07) is 10.5. The highest BCUT2D eigenvalue weighted by Crippen LogP contribution is 2.26. The topological polar surface area (TPSA) is 32.3 Å². The van der Waals surface area contributed by atoms with E-state index in [0.29, 0.717) is 6.42 Å². The Bertz CT molecular complexity index is 631. The molecule has 22 heavy (non-hydrogen) atoms. The zero-order valence-electron chi connectivity index (χ0n) is 13.0. The lowest BCUT2D eigenvalue weighted by molar-refractivity contribution is -0.116. The van der Waals surface area contributed by atoms with Crippen molar-refractivity contribution in [3.05, 3.63) is 46.2 Å². The summed E-state index contributed by atoms with van der Waals surface area (Å²) in [7, 11) is 0. The van der Waals surface area contributed by atoms with Crippen LogP contribution in [0.5, 0.6) is 0 Å². The van der Waals surface area contributed by atoms with E-state index in [2.05, 4.69) is 39.9 Å². The molecule has 0 spiro atoms. The van der Waals surface area contributed by atoms with Crippen molar-refractivity contribution >= 4 is 28.6 Å². The predicted molar refractivity (Wildman–Crippen MR) is 93.9 cm³/mol. The maximum absolute atomic E-state index is 12.2. The van der Waals surface area contributed by atoms with Crippen molar-refractivity contribution in [3.8, 4) is 0 Å². The van der Waals surface area contributed by atoms with Crippen LogP contribution in [0.2, 0.25) is 0 Å². The average molecular weight is 314 g/mol. The van der Waals surface area contributed by atoms with Crippen LogP contribution in [0.25, 0.3) is 0 Å². The molecule has 0 aliphatic carbocycles. The van der Waals surface area contributed by atoms with Gasteiger partial charge in [-0.05, 0) is 55.3 Å². The summed E-state index contributed by atoms with van der Waals surface area (Å²) in [4.78, 5) is 15.8. The molecule has 4 heteroatoms. The fourth-order valence-corrected chi connectivity index (χ4v) is 3.53. The second-order valence-corrected chi connectivity index (χ2v) is 6.85. The van der Waals surface area contributed by atoms with Crippen LogP contribution in [0, 0.1) is 6.92 Å².